The first kappa shape index (κ1) is 32.4. The first-order chi connectivity index (χ1) is 20.9. The number of methoxy groups -OCH3 is 1. The number of thiophene rings is 2. The number of ketones is 2. The van der Waals surface area contributed by atoms with Gasteiger partial charge in [0.1, 0.15) is 12.4 Å². The lowest BCUT2D eigenvalue weighted by molar-refractivity contribution is -0.141. The van der Waals surface area contributed by atoms with E-state index in [1.54, 1.807) is 6.07 Å². The van der Waals surface area contributed by atoms with E-state index in [-0.39, 0.29) is 52.8 Å². The average Bonchev–Trinajstić information content (AvgIpc) is 3.56. The number of fused-ring (bicyclic) bond motifs is 2. The number of aliphatic hydroxyl groups excluding tert-OH is 1. The lowest BCUT2D eigenvalue weighted by Crippen LogP contribution is -2.14. The molecule has 3 aromatic rings. The third kappa shape index (κ3) is 7.34. The van der Waals surface area contributed by atoms with Crippen molar-refractivity contribution in [2.75, 3.05) is 13.7 Å². The van der Waals surface area contributed by atoms with Crippen LogP contribution in [0.1, 0.15) is 56.5 Å². The van der Waals surface area contributed by atoms with Gasteiger partial charge < -0.3 is 29.5 Å². The maximum Gasteiger partial charge on any atom is 0.306 e. The zero-order valence-electron chi connectivity index (χ0n) is 23.7. The molecule has 3 atom stereocenters. The highest BCUT2D eigenvalue weighted by atomic mass is 32.1. The molecule has 1 aromatic carbocycles. The zero-order chi connectivity index (χ0) is 32.1. The zero-order valence-corrected chi connectivity index (χ0v) is 25.3. The number of ether oxygens (including phenoxy) is 3. The molecule has 0 saturated carbocycles. The number of aliphatic hydroxyl groups is 1. The lowest BCUT2D eigenvalue weighted by atomic mass is 10.0. The van der Waals surface area contributed by atoms with Gasteiger partial charge in [-0.3, -0.25) is 19.2 Å². The summed E-state index contributed by atoms with van der Waals surface area (Å²) in [6.07, 6.45) is 2.50. The van der Waals surface area contributed by atoms with Crippen LogP contribution in [0, 0.1) is 29.5 Å². The summed E-state index contributed by atoms with van der Waals surface area (Å²) in [5.41, 5.74) is 0.548. The Morgan fingerprint density at radius 3 is 2.27 bits per heavy atom. The molecule has 230 valence electrons. The lowest BCUT2D eigenvalue weighted by Gasteiger charge is -2.11. The van der Waals surface area contributed by atoms with Crippen molar-refractivity contribution in [2.24, 2.45) is 11.8 Å². The molecule has 0 amide bonds. The maximum atomic E-state index is 15.4. The minimum absolute atomic E-state index is 0.0746. The van der Waals surface area contributed by atoms with Crippen LogP contribution in [0.15, 0.2) is 36.3 Å². The number of benzene rings is 1. The Morgan fingerprint density at radius 2 is 1.66 bits per heavy atom. The molecule has 0 saturated heterocycles. The van der Waals surface area contributed by atoms with Gasteiger partial charge in [0.15, 0.2) is 29.2 Å². The minimum atomic E-state index is -1.25. The molecule has 1 aliphatic rings. The summed E-state index contributed by atoms with van der Waals surface area (Å²) in [4.78, 5) is 48.3. The monoisotopic (exact) mass is 642 g/mol. The Hall–Kier alpha value is -4.51. The van der Waals surface area contributed by atoms with Crippen molar-refractivity contribution >= 4 is 62.3 Å². The van der Waals surface area contributed by atoms with Gasteiger partial charge in [0.05, 0.1) is 39.8 Å². The average molecular weight is 643 g/mol. The number of rotatable bonds is 14. The number of carbonyl (C=O) groups excluding carboxylic acids is 2. The molecule has 0 bridgehead atoms. The maximum absolute atomic E-state index is 15.4. The Kier molecular flexibility index (Phi) is 10.2. The fraction of sp³-hybridized carbons (Fsp3) is 0.290. The van der Waals surface area contributed by atoms with Crippen LogP contribution >= 0.6 is 22.7 Å². The summed E-state index contributed by atoms with van der Waals surface area (Å²) >= 11 is 2.13. The largest absolute Gasteiger partial charge is 0.493 e. The second-order valence-corrected chi connectivity index (χ2v) is 12.0. The third-order valence-corrected chi connectivity index (χ3v) is 8.79. The number of aliphatic carboxylic acids is 2. The van der Waals surface area contributed by atoms with E-state index < -0.39 is 41.5 Å². The van der Waals surface area contributed by atoms with E-state index in [0.29, 0.717) is 20.0 Å². The van der Waals surface area contributed by atoms with Crippen LogP contribution in [0.3, 0.4) is 0 Å². The molecule has 0 spiro atoms. The van der Waals surface area contributed by atoms with Crippen LogP contribution in [-0.4, -0.2) is 58.6 Å². The summed E-state index contributed by atoms with van der Waals surface area (Å²) in [7, 11) is 1.33. The van der Waals surface area contributed by atoms with Gasteiger partial charge in [-0.1, -0.05) is 25.7 Å². The molecule has 4 rings (SSSR count). The molecular weight excluding hydrogens is 615 g/mol. The van der Waals surface area contributed by atoms with Gasteiger partial charge in [-0.15, -0.1) is 22.7 Å². The summed E-state index contributed by atoms with van der Waals surface area (Å²) < 4.78 is 32.3. The van der Waals surface area contributed by atoms with Gasteiger partial charge in [0.2, 0.25) is 5.75 Å². The van der Waals surface area contributed by atoms with Crippen LogP contribution in [0.4, 0.5) is 4.39 Å². The smallest absolute Gasteiger partial charge is 0.306 e. The molecule has 1 unspecified atom stereocenters. The minimum Gasteiger partial charge on any atom is -0.493 e. The van der Waals surface area contributed by atoms with Crippen molar-refractivity contribution < 1.29 is 53.1 Å². The van der Waals surface area contributed by atoms with E-state index in [1.165, 1.54) is 51.5 Å². The van der Waals surface area contributed by atoms with Crippen molar-refractivity contribution in [2.45, 2.75) is 32.8 Å². The van der Waals surface area contributed by atoms with Gasteiger partial charge in [0, 0.05) is 34.6 Å². The van der Waals surface area contributed by atoms with Crippen molar-refractivity contribution in [1.82, 2.24) is 0 Å². The van der Waals surface area contributed by atoms with Crippen molar-refractivity contribution in [1.29, 1.82) is 0 Å². The van der Waals surface area contributed by atoms with Gasteiger partial charge in [-0.25, -0.2) is 4.39 Å². The molecular formula is C31H27FO10S2. The molecule has 3 N–H and O–H groups in total. The van der Waals surface area contributed by atoms with E-state index in [4.69, 9.17) is 24.4 Å². The van der Waals surface area contributed by atoms with E-state index in [2.05, 4.69) is 11.8 Å². The quantitative estimate of drug-likeness (QED) is 0.119. The van der Waals surface area contributed by atoms with Gasteiger partial charge in [0.25, 0.3) is 0 Å². The van der Waals surface area contributed by atoms with E-state index in [0.717, 1.165) is 22.7 Å². The SMILES string of the molecule is COc1cc2sc(C(=O)C[C@H](C)C(=O)O)cc2c(F)c1O/C=C/COC1=Cc2cc(C(=O)C[C@H](C)C(=O)O)sc2C#CC1O. The second-order valence-electron chi connectivity index (χ2n) is 9.89. The van der Waals surface area contributed by atoms with Crippen LogP contribution in [0.5, 0.6) is 11.5 Å². The first-order valence-corrected chi connectivity index (χ1v) is 14.8. The predicted octanol–water partition coefficient (Wildman–Crippen LogP) is 5.37. The van der Waals surface area contributed by atoms with Gasteiger partial charge >= 0.3 is 11.9 Å². The highest BCUT2D eigenvalue weighted by Gasteiger charge is 2.24. The summed E-state index contributed by atoms with van der Waals surface area (Å²) in [6.45, 7) is 2.77. The Morgan fingerprint density at radius 1 is 1.02 bits per heavy atom. The Balaban J connectivity index is 1.44. The number of carboxylic acids is 2. The van der Waals surface area contributed by atoms with E-state index in [9.17, 15) is 24.3 Å². The van der Waals surface area contributed by atoms with Gasteiger partial charge in [-0.05, 0) is 24.3 Å². The molecule has 10 nitrogen and oxygen atoms in total. The molecule has 0 aliphatic heterocycles. The van der Waals surface area contributed by atoms with Gasteiger partial charge in [-0.2, -0.15) is 0 Å². The Bertz CT molecular complexity index is 1750. The number of hydrogen-bond acceptors (Lipinski definition) is 10. The van der Waals surface area contributed by atoms with E-state index in [1.807, 2.05) is 0 Å². The summed E-state index contributed by atoms with van der Waals surface area (Å²) in [6, 6.07) is 4.45. The molecule has 2 aromatic heterocycles. The van der Waals surface area contributed by atoms with Crippen LogP contribution in [0.25, 0.3) is 16.2 Å². The fourth-order valence-electron chi connectivity index (χ4n) is 4.03. The Labute approximate surface area is 259 Å². The number of carbonyl (C=O) groups is 4. The standard InChI is InChI=1S/C31H27FO10S2/c1-15(30(36)37)9-20(34)26-12-17-11-22(19(33)5-6-24(17)43-26)41-7-4-8-42-29-23(40-3)14-25-18(28(29)32)13-27(44-25)21(35)10-16(2)31(38)39/h4,8,11-16,19,33H,7,9-10H2,1-3H3,(H,36,37)(H,38,39)/b8-4+/t15-,16-,19?/m0/s1. The van der Waals surface area contributed by atoms with E-state index >= 15 is 4.39 Å². The third-order valence-electron chi connectivity index (χ3n) is 6.56. The number of carboxylic acid groups (broad SMARTS) is 2. The fourth-order valence-corrected chi connectivity index (χ4v) is 6.02. The normalized spacial score (nSPS) is 15.4. The summed E-state index contributed by atoms with van der Waals surface area (Å²) in [5, 5.41) is 28.7. The van der Waals surface area contributed by atoms with Crippen molar-refractivity contribution in [3.63, 3.8) is 0 Å². The van der Waals surface area contributed by atoms with Crippen molar-refractivity contribution in [3.05, 3.63) is 62.3 Å². The molecule has 44 heavy (non-hydrogen) atoms. The first-order valence-electron chi connectivity index (χ1n) is 13.2. The van der Waals surface area contributed by atoms with Crippen LogP contribution < -0.4 is 9.47 Å². The molecule has 1 aliphatic carbocycles. The van der Waals surface area contributed by atoms with Crippen LogP contribution in [-0.2, 0) is 14.3 Å². The second kappa shape index (κ2) is 13.9. The van der Waals surface area contributed by atoms with Crippen LogP contribution in [0.2, 0.25) is 0 Å². The highest BCUT2D eigenvalue weighted by Crippen LogP contribution is 2.40. The number of halogens is 1. The molecule has 0 fully saturated rings. The molecule has 13 heteroatoms. The molecule has 2 heterocycles. The summed E-state index contributed by atoms with van der Waals surface area (Å²) in [5.74, 6) is 0.0151. The predicted molar refractivity (Wildman–Crippen MR) is 161 cm³/mol. The highest BCUT2D eigenvalue weighted by molar-refractivity contribution is 7.20. The van der Waals surface area contributed by atoms with Crippen molar-refractivity contribution in [3.8, 4) is 23.3 Å². The number of hydrogen-bond donors (Lipinski definition) is 3. The number of Topliss-reactive ketones (excluding diaryl/α,β-unsaturated/α-hetero) is 2. The topological polar surface area (TPSA) is 157 Å². The molecule has 0 radical (unpaired) electrons.